The molecular formula is C20H14N2O3S. The molecule has 0 bridgehead atoms. The van der Waals surface area contributed by atoms with Crippen LogP contribution in [0.4, 0.5) is 0 Å². The van der Waals surface area contributed by atoms with Crippen molar-refractivity contribution in [3.63, 3.8) is 0 Å². The minimum Gasteiger partial charge on any atom is -0.481 e. The molecule has 2 aromatic carbocycles. The van der Waals surface area contributed by atoms with Gasteiger partial charge in [-0.3, -0.25) is 4.79 Å². The van der Waals surface area contributed by atoms with Gasteiger partial charge in [-0.05, 0) is 39.9 Å². The summed E-state index contributed by atoms with van der Waals surface area (Å²) in [6, 6.07) is 15.9. The molecule has 0 spiro atoms. The third-order valence-electron chi connectivity index (χ3n) is 3.94. The van der Waals surface area contributed by atoms with Gasteiger partial charge < -0.3 is 9.63 Å². The maximum atomic E-state index is 11.3. The normalized spacial score (nSPS) is 11.8. The fourth-order valence-electron chi connectivity index (χ4n) is 2.71. The molecule has 6 heteroatoms. The zero-order valence-corrected chi connectivity index (χ0v) is 14.4. The lowest BCUT2D eigenvalue weighted by molar-refractivity contribution is -0.135. The fraction of sp³-hybridized carbons (Fsp3) is 0.0500. The molecular weight excluding hydrogens is 348 g/mol. The van der Waals surface area contributed by atoms with Crippen LogP contribution < -0.4 is 0 Å². The van der Waals surface area contributed by atoms with E-state index in [-0.39, 0.29) is 12.3 Å². The molecule has 0 aliphatic rings. The van der Waals surface area contributed by atoms with Crippen LogP contribution in [0.15, 0.2) is 63.8 Å². The van der Waals surface area contributed by atoms with Gasteiger partial charge in [0.2, 0.25) is 5.82 Å². The van der Waals surface area contributed by atoms with Crippen LogP contribution in [0, 0.1) is 0 Å². The van der Waals surface area contributed by atoms with Gasteiger partial charge in [-0.15, -0.1) is 0 Å². The summed E-state index contributed by atoms with van der Waals surface area (Å²) in [5.74, 6) is -0.273. The summed E-state index contributed by atoms with van der Waals surface area (Å²) in [5, 5.41) is 19.3. The van der Waals surface area contributed by atoms with Gasteiger partial charge in [-0.25, -0.2) is 0 Å². The predicted octanol–water partition coefficient (Wildman–Crippen LogP) is 4.97. The Labute approximate surface area is 153 Å². The largest absolute Gasteiger partial charge is 0.481 e. The second-order valence-corrected chi connectivity index (χ2v) is 6.56. The topological polar surface area (TPSA) is 76.2 Å². The van der Waals surface area contributed by atoms with E-state index < -0.39 is 5.97 Å². The predicted molar refractivity (Wildman–Crippen MR) is 102 cm³/mol. The first-order chi connectivity index (χ1) is 12.7. The highest BCUT2D eigenvalue weighted by Gasteiger charge is 2.16. The lowest BCUT2D eigenvalue weighted by Gasteiger charge is -2.02. The van der Waals surface area contributed by atoms with E-state index >= 15 is 0 Å². The summed E-state index contributed by atoms with van der Waals surface area (Å²) in [7, 11) is 0. The smallest absolute Gasteiger partial charge is 0.308 e. The third kappa shape index (κ3) is 3.41. The van der Waals surface area contributed by atoms with E-state index in [1.807, 2.05) is 59.3 Å². The first-order valence-electron chi connectivity index (χ1n) is 7.97. The lowest BCUT2D eigenvalue weighted by atomic mass is 10.0. The second-order valence-electron chi connectivity index (χ2n) is 5.78. The molecule has 26 heavy (non-hydrogen) atoms. The van der Waals surface area contributed by atoms with Crippen LogP contribution in [0.2, 0.25) is 0 Å². The van der Waals surface area contributed by atoms with Crippen molar-refractivity contribution in [1.29, 1.82) is 0 Å². The van der Waals surface area contributed by atoms with Gasteiger partial charge in [0.25, 0.3) is 5.89 Å². The number of carboxylic acid groups (broad SMARTS) is 1. The Morgan fingerprint density at radius 3 is 2.77 bits per heavy atom. The first kappa shape index (κ1) is 16.2. The number of carbonyl (C=O) groups is 1. The number of fused-ring (bicyclic) bond motifs is 1. The molecule has 1 N–H and O–H groups in total. The minimum absolute atomic E-state index is 0.196. The number of hydrogen-bond acceptors (Lipinski definition) is 5. The molecule has 0 fully saturated rings. The molecule has 0 atom stereocenters. The van der Waals surface area contributed by atoms with Gasteiger partial charge in [0, 0.05) is 16.5 Å². The standard InChI is InChI=1S/C20H14N2O3S/c23-18(24)11-17(20-21-19(22-25-20)16-7-8-26-12-16)10-13-5-6-14-3-1-2-4-15(14)9-13/h1-10,12H,11H2,(H,23,24)/b17-10+. The summed E-state index contributed by atoms with van der Waals surface area (Å²) in [6.07, 6.45) is 1.59. The number of aliphatic carboxylic acids is 1. The van der Waals surface area contributed by atoms with Crippen molar-refractivity contribution in [2.24, 2.45) is 0 Å². The van der Waals surface area contributed by atoms with Crippen molar-refractivity contribution >= 4 is 39.7 Å². The highest BCUT2D eigenvalue weighted by atomic mass is 32.1. The molecule has 0 saturated carbocycles. The van der Waals surface area contributed by atoms with E-state index in [1.165, 1.54) is 11.3 Å². The maximum Gasteiger partial charge on any atom is 0.308 e. The summed E-state index contributed by atoms with van der Waals surface area (Å²) >= 11 is 1.54. The zero-order valence-electron chi connectivity index (χ0n) is 13.6. The van der Waals surface area contributed by atoms with Crippen molar-refractivity contribution in [3.05, 3.63) is 70.7 Å². The molecule has 0 aliphatic heterocycles. The average Bonchev–Trinajstić information content (AvgIpc) is 3.32. The molecule has 0 saturated heterocycles. The van der Waals surface area contributed by atoms with Gasteiger partial charge in [-0.1, -0.05) is 41.6 Å². The van der Waals surface area contributed by atoms with Crippen molar-refractivity contribution in [2.75, 3.05) is 0 Å². The highest BCUT2D eigenvalue weighted by molar-refractivity contribution is 7.08. The Kier molecular flexibility index (Phi) is 4.33. The quantitative estimate of drug-likeness (QED) is 0.542. The molecule has 2 aromatic heterocycles. The van der Waals surface area contributed by atoms with Crippen LogP contribution >= 0.6 is 11.3 Å². The molecule has 4 rings (SSSR count). The molecule has 0 radical (unpaired) electrons. The SMILES string of the molecule is O=C(O)C/C(=C\c1ccc2ccccc2c1)c1nc(-c2ccsc2)no1. The summed E-state index contributed by atoms with van der Waals surface area (Å²) in [4.78, 5) is 15.7. The van der Waals surface area contributed by atoms with Crippen molar-refractivity contribution < 1.29 is 14.4 Å². The number of nitrogens with zero attached hydrogens (tertiary/aromatic N) is 2. The van der Waals surface area contributed by atoms with Crippen LogP contribution in [0.5, 0.6) is 0 Å². The molecule has 0 amide bonds. The zero-order chi connectivity index (χ0) is 17.9. The van der Waals surface area contributed by atoms with Gasteiger partial charge in [0.15, 0.2) is 0 Å². The van der Waals surface area contributed by atoms with Crippen molar-refractivity contribution in [2.45, 2.75) is 6.42 Å². The van der Waals surface area contributed by atoms with E-state index in [9.17, 15) is 9.90 Å². The lowest BCUT2D eigenvalue weighted by Crippen LogP contribution is -1.97. The van der Waals surface area contributed by atoms with Crippen molar-refractivity contribution in [3.8, 4) is 11.4 Å². The van der Waals surface area contributed by atoms with E-state index in [4.69, 9.17) is 4.52 Å². The van der Waals surface area contributed by atoms with Gasteiger partial charge in [-0.2, -0.15) is 16.3 Å². The monoisotopic (exact) mass is 362 g/mol. The Balaban J connectivity index is 1.74. The summed E-state index contributed by atoms with van der Waals surface area (Å²) < 4.78 is 5.32. The van der Waals surface area contributed by atoms with Crippen LogP contribution in [0.25, 0.3) is 33.8 Å². The number of carboxylic acids is 1. The number of rotatable bonds is 5. The van der Waals surface area contributed by atoms with Gasteiger partial charge in [0.05, 0.1) is 6.42 Å². The average molecular weight is 362 g/mol. The Bertz CT molecular complexity index is 1100. The third-order valence-corrected chi connectivity index (χ3v) is 4.62. The Morgan fingerprint density at radius 1 is 1.15 bits per heavy atom. The van der Waals surface area contributed by atoms with Crippen LogP contribution in [0.1, 0.15) is 17.9 Å². The van der Waals surface area contributed by atoms with Gasteiger partial charge >= 0.3 is 5.97 Å². The van der Waals surface area contributed by atoms with E-state index in [0.29, 0.717) is 11.4 Å². The fourth-order valence-corrected chi connectivity index (χ4v) is 3.35. The Hall–Kier alpha value is -3.25. The second kappa shape index (κ2) is 6.93. The number of aromatic nitrogens is 2. The van der Waals surface area contributed by atoms with E-state index in [2.05, 4.69) is 10.1 Å². The highest BCUT2D eigenvalue weighted by Crippen LogP contribution is 2.26. The molecule has 0 aliphatic carbocycles. The summed E-state index contributed by atoms with van der Waals surface area (Å²) in [5.41, 5.74) is 2.21. The number of hydrogen-bond donors (Lipinski definition) is 1. The van der Waals surface area contributed by atoms with E-state index in [0.717, 1.165) is 21.9 Å². The van der Waals surface area contributed by atoms with Gasteiger partial charge in [0.1, 0.15) is 0 Å². The molecule has 4 aromatic rings. The molecule has 5 nitrogen and oxygen atoms in total. The number of thiophene rings is 1. The van der Waals surface area contributed by atoms with E-state index in [1.54, 1.807) is 6.08 Å². The molecule has 128 valence electrons. The van der Waals surface area contributed by atoms with Crippen LogP contribution in [0.3, 0.4) is 0 Å². The number of benzene rings is 2. The van der Waals surface area contributed by atoms with Crippen molar-refractivity contribution in [1.82, 2.24) is 10.1 Å². The first-order valence-corrected chi connectivity index (χ1v) is 8.91. The summed E-state index contributed by atoms with van der Waals surface area (Å²) in [6.45, 7) is 0. The molecule has 0 unspecified atom stereocenters. The maximum absolute atomic E-state index is 11.3. The van der Waals surface area contributed by atoms with Crippen LogP contribution in [-0.4, -0.2) is 21.2 Å². The minimum atomic E-state index is -0.952. The Morgan fingerprint density at radius 2 is 2.00 bits per heavy atom. The van der Waals surface area contributed by atoms with Crippen LogP contribution in [-0.2, 0) is 4.79 Å². The molecule has 2 heterocycles.